The Kier molecular flexibility index (Phi) is 4.63. The van der Waals surface area contributed by atoms with Gasteiger partial charge in [-0.15, -0.1) is 0 Å². The molecule has 33 heavy (non-hydrogen) atoms. The molecular weight excluding hydrogens is 426 g/mol. The summed E-state index contributed by atoms with van der Waals surface area (Å²) in [7, 11) is 0. The molecule has 178 valence electrons. The maximum absolute atomic E-state index is 14.7. The van der Waals surface area contributed by atoms with Crippen LogP contribution in [-0.2, 0) is 16.1 Å². The minimum Gasteiger partial charge on any atom is -0.481 e. The van der Waals surface area contributed by atoms with E-state index < -0.39 is 28.8 Å². The summed E-state index contributed by atoms with van der Waals surface area (Å²) in [5.41, 5.74) is -1.41. The van der Waals surface area contributed by atoms with E-state index in [1.807, 2.05) is 29.2 Å². The van der Waals surface area contributed by atoms with Crippen LogP contribution in [0.1, 0.15) is 57.4 Å². The van der Waals surface area contributed by atoms with Gasteiger partial charge in [-0.1, -0.05) is 44.4 Å². The van der Waals surface area contributed by atoms with Gasteiger partial charge in [0.15, 0.2) is 5.60 Å². The Balaban J connectivity index is 1.25. The number of likely N-dealkylation sites (tertiary alicyclic amines) is 1. The van der Waals surface area contributed by atoms with E-state index in [9.17, 15) is 18.4 Å². The highest BCUT2D eigenvalue weighted by Gasteiger charge is 2.86. The Morgan fingerprint density at radius 1 is 1.06 bits per heavy atom. The Labute approximate surface area is 193 Å². The lowest BCUT2D eigenvalue weighted by Gasteiger charge is -2.51. The van der Waals surface area contributed by atoms with Crippen molar-refractivity contribution in [3.8, 4) is 5.75 Å². The molecule has 4 fully saturated rings. The molecule has 1 aromatic carbocycles. The molecule has 4 unspecified atom stereocenters. The van der Waals surface area contributed by atoms with Gasteiger partial charge in [0.1, 0.15) is 11.2 Å². The SMILES string of the molecule is CCC1CCCC1C(=O)N1CC2(C1)CN(C(=O)C13CCCC1C3(F)F)Cc1ccccc1O2. The lowest BCUT2D eigenvalue weighted by Crippen LogP contribution is -2.71. The average molecular weight is 459 g/mol. The molecule has 0 radical (unpaired) electrons. The number of hydrogen-bond donors (Lipinski definition) is 0. The number of amides is 2. The Morgan fingerprint density at radius 3 is 2.55 bits per heavy atom. The third kappa shape index (κ3) is 2.93. The fraction of sp³-hybridized carbons (Fsp3) is 0.692. The zero-order chi connectivity index (χ0) is 23.0. The highest BCUT2D eigenvalue weighted by molar-refractivity contribution is 5.89. The highest BCUT2D eigenvalue weighted by Crippen LogP contribution is 2.74. The maximum atomic E-state index is 14.7. The van der Waals surface area contributed by atoms with Gasteiger partial charge >= 0.3 is 0 Å². The second-order valence-corrected chi connectivity index (χ2v) is 11.0. The quantitative estimate of drug-likeness (QED) is 0.681. The molecule has 1 spiro atoms. The van der Waals surface area contributed by atoms with Crippen LogP contribution in [0.15, 0.2) is 24.3 Å². The van der Waals surface area contributed by atoms with Gasteiger partial charge in [0, 0.05) is 23.9 Å². The summed E-state index contributed by atoms with van der Waals surface area (Å²) in [5, 5.41) is 0. The number of nitrogens with zero attached hydrogens (tertiary/aromatic N) is 2. The van der Waals surface area contributed by atoms with Crippen LogP contribution in [0, 0.1) is 23.2 Å². The number of ether oxygens (including phenoxy) is 1. The summed E-state index contributed by atoms with van der Waals surface area (Å²) in [5.74, 6) is -2.75. The predicted octanol–water partition coefficient (Wildman–Crippen LogP) is 4.25. The van der Waals surface area contributed by atoms with Gasteiger partial charge in [-0.05, 0) is 37.7 Å². The summed E-state index contributed by atoms with van der Waals surface area (Å²) < 4.78 is 35.8. The first-order chi connectivity index (χ1) is 15.8. The van der Waals surface area contributed by atoms with Crippen LogP contribution in [0.5, 0.6) is 5.75 Å². The molecule has 5 aliphatic rings. The van der Waals surface area contributed by atoms with E-state index in [1.165, 1.54) is 0 Å². The molecule has 3 aliphatic carbocycles. The van der Waals surface area contributed by atoms with Crippen molar-refractivity contribution in [3.63, 3.8) is 0 Å². The van der Waals surface area contributed by atoms with Gasteiger partial charge in [0.2, 0.25) is 11.8 Å². The van der Waals surface area contributed by atoms with E-state index in [2.05, 4.69) is 6.92 Å². The summed E-state index contributed by atoms with van der Waals surface area (Å²) in [4.78, 5) is 30.3. The smallest absolute Gasteiger partial charge is 0.266 e. The van der Waals surface area contributed by atoms with Crippen molar-refractivity contribution in [3.05, 3.63) is 29.8 Å². The molecule has 0 aromatic heterocycles. The molecular formula is C26H32F2N2O3. The highest BCUT2D eigenvalue weighted by atomic mass is 19.3. The second-order valence-electron chi connectivity index (χ2n) is 11.0. The van der Waals surface area contributed by atoms with Crippen molar-refractivity contribution < 1.29 is 23.1 Å². The third-order valence-electron chi connectivity index (χ3n) is 9.19. The molecule has 1 saturated heterocycles. The lowest BCUT2D eigenvalue weighted by molar-refractivity contribution is -0.162. The molecule has 0 N–H and O–H groups in total. The standard InChI is InChI=1S/C26H32F2N2O3/c1-2-17-8-5-9-19(17)22(31)30-15-24(16-30)14-29(13-18-7-3-4-10-20(18)33-24)23(32)25-12-6-11-21(25)26(25,27)28/h3-4,7,10,17,19,21H,2,5-6,8-9,11-16H2,1H3. The predicted molar refractivity (Wildman–Crippen MR) is 118 cm³/mol. The molecule has 6 rings (SSSR count). The van der Waals surface area contributed by atoms with Crippen molar-refractivity contribution in [2.45, 2.75) is 69.9 Å². The van der Waals surface area contributed by atoms with Gasteiger partial charge in [-0.2, -0.15) is 0 Å². The first-order valence-corrected chi connectivity index (χ1v) is 12.5. The van der Waals surface area contributed by atoms with Crippen LogP contribution < -0.4 is 4.74 Å². The number of hydrogen-bond acceptors (Lipinski definition) is 3. The largest absolute Gasteiger partial charge is 0.481 e. The zero-order valence-corrected chi connectivity index (χ0v) is 19.2. The molecule has 5 nitrogen and oxygen atoms in total. The van der Waals surface area contributed by atoms with Crippen LogP contribution in [-0.4, -0.2) is 52.8 Å². The van der Waals surface area contributed by atoms with Crippen molar-refractivity contribution in [1.82, 2.24) is 9.80 Å². The van der Waals surface area contributed by atoms with Crippen LogP contribution in [0.25, 0.3) is 0 Å². The van der Waals surface area contributed by atoms with Gasteiger partial charge in [-0.3, -0.25) is 9.59 Å². The van der Waals surface area contributed by atoms with Crippen molar-refractivity contribution >= 4 is 11.8 Å². The van der Waals surface area contributed by atoms with Gasteiger partial charge in [0.05, 0.1) is 19.6 Å². The molecule has 7 heteroatoms. The molecule has 0 bridgehead atoms. The number of benzene rings is 1. The van der Waals surface area contributed by atoms with Crippen molar-refractivity contribution in [2.24, 2.45) is 23.2 Å². The van der Waals surface area contributed by atoms with E-state index >= 15 is 0 Å². The van der Waals surface area contributed by atoms with Crippen LogP contribution in [0.3, 0.4) is 0 Å². The van der Waals surface area contributed by atoms with Gasteiger partial charge in [0.25, 0.3) is 5.92 Å². The van der Waals surface area contributed by atoms with Crippen LogP contribution in [0.2, 0.25) is 0 Å². The fourth-order valence-corrected chi connectivity index (χ4v) is 7.37. The van der Waals surface area contributed by atoms with Crippen molar-refractivity contribution in [2.75, 3.05) is 19.6 Å². The summed E-state index contributed by atoms with van der Waals surface area (Å²) >= 11 is 0. The van der Waals surface area contributed by atoms with Crippen LogP contribution >= 0.6 is 0 Å². The molecule has 2 aliphatic heterocycles. The average Bonchev–Trinajstić information content (AvgIpc) is 3.20. The maximum Gasteiger partial charge on any atom is 0.266 e. The Hall–Kier alpha value is -2.18. The van der Waals surface area contributed by atoms with E-state index in [4.69, 9.17) is 4.74 Å². The molecule has 2 amide bonds. The normalized spacial score (nSPS) is 35.3. The summed E-state index contributed by atoms with van der Waals surface area (Å²) in [6.07, 6.45) is 5.52. The molecule has 2 heterocycles. The monoisotopic (exact) mass is 458 g/mol. The van der Waals surface area contributed by atoms with Gasteiger partial charge < -0.3 is 14.5 Å². The number of rotatable bonds is 3. The molecule has 1 aromatic rings. The zero-order valence-electron chi connectivity index (χ0n) is 19.2. The number of fused-ring (bicyclic) bond motifs is 2. The second kappa shape index (κ2) is 7.16. The first-order valence-electron chi connectivity index (χ1n) is 12.5. The van der Waals surface area contributed by atoms with Gasteiger partial charge in [-0.25, -0.2) is 8.78 Å². The van der Waals surface area contributed by atoms with E-state index in [0.29, 0.717) is 37.6 Å². The van der Waals surface area contributed by atoms with Crippen LogP contribution in [0.4, 0.5) is 8.78 Å². The lowest BCUT2D eigenvalue weighted by atomic mass is 9.87. The molecule has 4 atom stereocenters. The summed E-state index contributed by atoms with van der Waals surface area (Å²) in [6.45, 7) is 3.48. The molecule has 3 saturated carbocycles. The van der Waals surface area contributed by atoms with E-state index in [1.54, 1.807) is 4.90 Å². The minimum atomic E-state index is -2.90. The topological polar surface area (TPSA) is 49.9 Å². The van der Waals surface area contributed by atoms with E-state index in [0.717, 1.165) is 31.2 Å². The minimum absolute atomic E-state index is 0.0754. The number of carbonyl (C=O) groups excluding carboxylic acids is 2. The van der Waals surface area contributed by atoms with E-state index in [-0.39, 0.29) is 31.3 Å². The third-order valence-corrected chi connectivity index (χ3v) is 9.19. The van der Waals surface area contributed by atoms with Crippen molar-refractivity contribution in [1.29, 1.82) is 0 Å². The summed E-state index contributed by atoms with van der Waals surface area (Å²) in [6, 6.07) is 7.54. The number of para-hydroxylation sites is 1. The number of carbonyl (C=O) groups is 2. The first kappa shape index (κ1) is 21.4. The number of halogens is 2. The Morgan fingerprint density at radius 2 is 1.82 bits per heavy atom. The Bertz CT molecular complexity index is 992. The fourth-order valence-electron chi connectivity index (χ4n) is 7.37. The number of alkyl halides is 2.